The van der Waals surface area contributed by atoms with Gasteiger partial charge >= 0.3 is 0 Å². The van der Waals surface area contributed by atoms with Gasteiger partial charge in [-0.15, -0.1) is 0 Å². The van der Waals surface area contributed by atoms with Gasteiger partial charge in [0.25, 0.3) is 0 Å². The molecule has 1 fully saturated rings. The molecule has 2 N–H and O–H groups in total. The summed E-state index contributed by atoms with van der Waals surface area (Å²) in [4.78, 5) is 14.4. The van der Waals surface area contributed by atoms with Crippen molar-refractivity contribution in [2.24, 2.45) is 5.92 Å². The fraction of sp³-hybridized carbons (Fsp3) is 0.375. The Morgan fingerprint density at radius 3 is 2.90 bits per heavy atom. The summed E-state index contributed by atoms with van der Waals surface area (Å²) in [6, 6.07) is 14.2. The highest BCUT2D eigenvalue weighted by molar-refractivity contribution is 7.99. The Morgan fingerprint density at radius 1 is 1.27 bits per heavy atom. The van der Waals surface area contributed by atoms with E-state index in [1.807, 2.05) is 42.1 Å². The van der Waals surface area contributed by atoms with E-state index in [0.717, 1.165) is 64.5 Å². The van der Waals surface area contributed by atoms with Crippen molar-refractivity contribution in [3.8, 4) is 11.5 Å². The molecule has 158 valence electrons. The maximum Gasteiger partial charge on any atom is 0.221 e. The van der Waals surface area contributed by atoms with Gasteiger partial charge in [0.05, 0.1) is 18.8 Å². The molecule has 0 saturated carbocycles. The lowest BCUT2D eigenvalue weighted by atomic mass is 10.1. The molecule has 2 aromatic rings. The normalized spacial score (nSPS) is 15.3. The van der Waals surface area contributed by atoms with Gasteiger partial charge in [-0.1, -0.05) is 30.8 Å². The molecule has 0 spiro atoms. The summed E-state index contributed by atoms with van der Waals surface area (Å²) in [5, 5.41) is 6.32. The molecule has 2 aliphatic heterocycles. The minimum atomic E-state index is 0.0753. The zero-order chi connectivity index (χ0) is 20.9. The standard InChI is InChI=1S/C24H29N3O2S/c1-17-7-8-23-21(11-17)27(15-20-5-3-4-6-22(20)29-23)18(2)12-26-24(28)9-10-30-16-19-13-25-14-19/h3-8,11,19,25H,2,9-10,12-16H2,1H3,(H,26,28). The van der Waals surface area contributed by atoms with Crippen LogP contribution in [0.25, 0.3) is 0 Å². The SMILES string of the molecule is C=C(CNC(=O)CCSCC1CNC1)N1Cc2ccccc2Oc2ccc(C)cc21. The van der Waals surface area contributed by atoms with Crippen molar-refractivity contribution in [2.45, 2.75) is 19.9 Å². The Morgan fingerprint density at radius 2 is 2.10 bits per heavy atom. The van der Waals surface area contributed by atoms with E-state index in [0.29, 0.717) is 19.5 Å². The summed E-state index contributed by atoms with van der Waals surface area (Å²) in [5.41, 5.74) is 4.09. The van der Waals surface area contributed by atoms with E-state index in [4.69, 9.17) is 4.74 Å². The first-order valence-electron chi connectivity index (χ1n) is 10.5. The van der Waals surface area contributed by atoms with Crippen molar-refractivity contribution >= 4 is 23.4 Å². The number of para-hydroxylation sites is 1. The third kappa shape index (κ3) is 4.99. The first-order valence-corrected chi connectivity index (χ1v) is 11.6. The van der Waals surface area contributed by atoms with Gasteiger partial charge in [-0.2, -0.15) is 11.8 Å². The molecule has 30 heavy (non-hydrogen) atoms. The van der Waals surface area contributed by atoms with Crippen LogP contribution in [0.1, 0.15) is 17.5 Å². The van der Waals surface area contributed by atoms with E-state index in [1.54, 1.807) is 0 Å². The molecule has 2 aliphatic rings. The third-order valence-electron chi connectivity index (χ3n) is 5.49. The molecular weight excluding hydrogens is 394 g/mol. The lowest BCUT2D eigenvalue weighted by molar-refractivity contribution is -0.120. The Labute approximate surface area is 182 Å². The largest absolute Gasteiger partial charge is 0.455 e. The van der Waals surface area contributed by atoms with E-state index in [-0.39, 0.29) is 5.91 Å². The number of amides is 1. The number of rotatable bonds is 8. The fourth-order valence-corrected chi connectivity index (χ4v) is 4.65. The number of hydrogen-bond donors (Lipinski definition) is 2. The second kappa shape index (κ2) is 9.58. The minimum Gasteiger partial charge on any atom is -0.455 e. The molecule has 2 heterocycles. The van der Waals surface area contributed by atoms with Crippen LogP contribution in [0, 0.1) is 12.8 Å². The zero-order valence-corrected chi connectivity index (χ0v) is 18.3. The van der Waals surface area contributed by atoms with Gasteiger partial charge in [0, 0.05) is 23.4 Å². The molecule has 5 nitrogen and oxygen atoms in total. The number of ether oxygens (including phenoxy) is 1. The molecule has 0 radical (unpaired) electrons. The second-order valence-electron chi connectivity index (χ2n) is 7.96. The molecule has 2 aromatic carbocycles. The van der Waals surface area contributed by atoms with Gasteiger partial charge in [0.1, 0.15) is 5.75 Å². The van der Waals surface area contributed by atoms with Crippen LogP contribution in [0.3, 0.4) is 0 Å². The van der Waals surface area contributed by atoms with Crippen LogP contribution in [-0.2, 0) is 11.3 Å². The Kier molecular flexibility index (Phi) is 6.65. The van der Waals surface area contributed by atoms with Gasteiger partial charge in [-0.25, -0.2) is 0 Å². The van der Waals surface area contributed by atoms with E-state index < -0.39 is 0 Å². The first kappa shape index (κ1) is 20.8. The summed E-state index contributed by atoms with van der Waals surface area (Å²) in [6.45, 7) is 9.65. The lowest BCUT2D eigenvalue weighted by Gasteiger charge is -2.27. The van der Waals surface area contributed by atoms with Gasteiger partial charge in [-0.3, -0.25) is 4.79 Å². The topological polar surface area (TPSA) is 53.6 Å². The minimum absolute atomic E-state index is 0.0753. The van der Waals surface area contributed by atoms with Gasteiger partial charge in [0.15, 0.2) is 5.75 Å². The van der Waals surface area contributed by atoms with Crippen molar-refractivity contribution in [3.05, 3.63) is 65.9 Å². The highest BCUT2D eigenvalue weighted by Gasteiger charge is 2.23. The third-order valence-corrected chi connectivity index (χ3v) is 6.69. The molecule has 0 bridgehead atoms. The van der Waals surface area contributed by atoms with Crippen molar-refractivity contribution in [1.29, 1.82) is 0 Å². The molecule has 0 aromatic heterocycles. The van der Waals surface area contributed by atoms with E-state index in [9.17, 15) is 4.79 Å². The number of fused-ring (bicyclic) bond motifs is 2. The van der Waals surface area contributed by atoms with Crippen molar-refractivity contribution in [1.82, 2.24) is 10.6 Å². The quantitative estimate of drug-likeness (QED) is 0.627. The number of thioether (sulfide) groups is 1. The average molecular weight is 424 g/mol. The number of anilines is 1. The molecule has 0 aliphatic carbocycles. The van der Waals surface area contributed by atoms with Crippen LogP contribution in [0.15, 0.2) is 54.7 Å². The maximum atomic E-state index is 12.3. The highest BCUT2D eigenvalue weighted by atomic mass is 32.2. The predicted molar refractivity (Wildman–Crippen MR) is 124 cm³/mol. The molecular formula is C24H29N3O2S. The first-order chi connectivity index (χ1) is 14.6. The second-order valence-corrected chi connectivity index (χ2v) is 9.11. The van der Waals surface area contributed by atoms with Gasteiger partial charge < -0.3 is 20.3 Å². The number of nitrogens with zero attached hydrogens (tertiary/aromatic N) is 1. The molecule has 4 rings (SSSR count). The zero-order valence-electron chi connectivity index (χ0n) is 17.4. The highest BCUT2D eigenvalue weighted by Crippen LogP contribution is 2.40. The smallest absolute Gasteiger partial charge is 0.221 e. The van der Waals surface area contributed by atoms with Crippen LogP contribution < -0.4 is 20.3 Å². The molecule has 1 amide bonds. The summed E-state index contributed by atoms with van der Waals surface area (Å²) in [5.74, 6) is 4.51. The van der Waals surface area contributed by atoms with Gasteiger partial charge in [0.2, 0.25) is 5.91 Å². The molecule has 0 atom stereocenters. The Balaban J connectivity index is 1.37. The summed E-state index contributed by atoms with van der Waals surface area (Å²) in [6.07, 6.45) is 0.541. The number of hydrogen-bond acceptors (Lipinski definition) is 5. The number of carbonyl (C=O) groups excluding carboxylic acids is 1. The van der Waals surface area contributed by atoms with E-state index in [1.165, 1.54) is 0 Å². The van der Waals surface area contributed by atoms with Gasteiger partial charge in [-0.05, 0) is 55.4 Å². The fourth-order valence-electron chi connectivity index (χ4n) is 3.58. The van der Waals surface area contributed by atoms with Crippen molar-refractivity contribution < 1.29 is 9.53 Å². The van der Waals surface area contributed by atoms with Crippen molar-refractivity contribution in [3.63, 3.8) is 0 Å². The van der Waals surface area contributed by atoms with Crippen molar-refractivity contribution in [2.75, 3.05) is 36.0 Å². The van der Waals surface area contributed by atoms with Crippen LogP contribution in [-0.4, -0.2) is 37.0 Å². The predicted octanol–water partition coefficient (Wildman–Crippen LogP) is 4.08. The van der Waals surface area contributed by atoms with Crippen LogP contribution >= 0.6 is 11.8 Å². The van der Waals surface area contributed by atoms with Crippen LogP contribution in [0.2, 0.25) is 0 Å². The number of benzene rings is 2. The maximum absolute atomic E-state index is 12.3. The Bertz CT molecular complexity index is 926. The lowest BCUT2D eigenvalue weighted by Crippen LogP contribution is -2.43. The van der Waals surface area contributed by atoms with E-state index >= 15 is 0 Å². The molecule has 6 heteroatoms. The average Bonchev–Trinajstić information content (AvgIpc) is 2.87. The monoisotopic (exact) mass is 423 g/mol. The number of aryl methyl sites for hydroxylation is 1. The number of nitrogens with one attached hydrogen (secondary N) is 2. The molecule has 0 unspecified atom stereocenters. The summed E-state index contributed by atoms with van der Waals surface area (Å²) >= 11 is 1.86. The Hall–Kier alpha value is -2.44. The summed E-state index contributed by atoms with van der Waals surface area (Å²) in [7, 11) is 0. The van der Waals surface area contributed by atoms with Crippen LogP contribution in [0.5, 0.6) is 11.5 Å². The molecule has 1 saturated heterocycles. The summed E-state index contributed by atoms with van der Waals surface area (Å²) < 4.78 is 6.18. The number of carbonyl (C=O) groups is 1. The van der Waals surface area contributed by atoms with Crippen LogP contribution in [0.4, 0.5) is 5.69 Å². The van der Waals surface area contributed by atoms with E-state index in [2.05, 4.69) is 41.2 Å².